The average molecular weight is 303 g/mol. The number of hydrogen-bond acceptors (Lipinski definition) is 4. The van der Waals surface area contributed by atoms with Gasteiger partial charge in [-0.05, 0) is 31.4 Å². The van der Waals surface area contributed by atoms with E-state index < -0.39 is 0 Å². The van der Waals surface area contributed by atoms with Crippen molar-refractivity contribution in [3.05, 3.63) is 24.3 Å². The Balaban J connectivity index is 1.49. The molecule has 0 aromatic heterocycles. The summed E-state index contributed by atoms with van der Waals surface area (Å²) < 4.78 is 16.9. The minimum atomic E-state index is 0.390. The van der Waals surface area contributed by atoms with Crippen LogP contribution in [0.1, 0.15) is 25.7 Å². The fourth-order valence-corrected chi connectivity index (χ4v) is 4.57. The summed E-state index contributed by atoms with van der Waals surface area (Å²) in [5, 5.41) is 3.79. The molecule has 4 nitrogen and oxygen atoms in total. The minimum Gasteiger partial charge on any atom is -0.489 e. The van der Waals surface area contributed by atoms with Crippen LogP contribution in [0.15, 0.2) is 24.3 Å². The summed E-state index contributed by atoms with van der Waals surface area (Å²) in [6.45, 7) is 2.13. The molecule has 3 fully saturated rings. The van der Waals surface area contributed by atoms with Gasteiger partial charge in [0.05, 0.1) is 18.4 Å². The second-order valence-electron chi connectivity index (χ2n) is 6.79. The van der Waals surface area contributed by atoms with Crippen molar-refractivity contribution in [1.29, 1.82) is 0 Å². The summed E-state index contributed by atoms with van der Waals surface area (Å²) >= 11 is 0. The third kappa shape index (κ3) is 2.12. The lowest BCUT2D eigenvalue weighted by molar-refractivity contribution is -0.158. The number of fused-ring (bicyclic) bond motifs is 2. The van der Waals surface area contributed by atoms with Gasteiger partial charge in [0.15, 0.2) is 0 Å². The van der Waals surface area contributed by atoms with E-state index in [-0.39, 0.29) is 0 Å². The van der Waals surface area contributed by atoms with Crippen molar-refractivity contribution in [2.45, 2.75) is 37.8 Å². The molecule has 4 rings (SSSR count). The van der Waals surface area contributed by atoms with Gasteiger partial charge >= 0.3 is 0 Å². The topological polar surface area (TPSA) is 39.7 Å². The van der Waals surface area contributed by atoms with Crippen molar-refractivity contribution >= 4 is 5.69 Å². The first-order valence-corrected chi connectivity index (χ1v) is 8.44. The Bertz CT molecular complexity index is 529. The van der Waals surface area contributed by atoms with Gasteiger partial charge in [0.1, 0.15) is 12.4 Å². The van der Waals surface area contributed by atoms with E-state index in [0.717, 1.165) is 18.0 Å². The van der Waals surface area contributed by atoms with Gasteiger partial charge in [-0.1, -0.05) is 18.6 Å². The number of hydrogen-bond donors (Lipinski definition) is 1. The summed E-state index contributed by atoms with van der Waals surface area (Å²) in [5.74, 6) is 1.60. The maximum Gasteiger partial charge on any atom is 0.142 e. The van der Waals surface area contributed by atoms with Crippen molar-refractivity contribution in [1.82, 2.24) is 0 Å². The monoisotopic (exact) mass is 303 g/mol. The van der Waals surface area contributed by atoms with Crippen molar-refractivity contribution < 1.29 is 14.2 Å². The molecule has 22 heavy (non-hydrogen) atoms. The molecule has 3 atom stereocenters. The van der Waals surface area contributed by atoms with Crippen LogP contribution in [-0.2, 0) is 9.47 Å². The van der Waals surface area contributed by atoms with Crippen molar-refractivity contribution in [2.24, 2.45) is 11.3 Å². The van der Waals surface area contributed by atoms with E-state index in [0.29, 0.717) is 36.7 Å². The van der Waals surface area contributed by atoms with E-state index in [4.69, 9.17) is 14.2 Å². The summed E-state index contributed by atoms with van der Waals surface area (Å²) in [6.07, 6.45) is 5.64. The first kappa shape index (κ1) is 14.3. The molecule has 120 valence electrons. The molecule has 1 N–H and O–H groups in total. The molecule has 3 unspecified atom stereocenters. The van der Waals surface area contributed by atoms with Gasteiger partial charge in [-0.2, -0.15) is 0 Å². The van der Waals surface area contributed by atoms with Crippen molar-refractivity contribution in [2.75, 3.05) is 32.2 Å². The molecular formula is C18H25NO3. The Morgan fingerprint density at radius 3 is 2.91 bits per heavy atom. The SMILES string of the molecule is COCCOc1ccccc1NC1C2CCOC2C12CCC2. The quantitative estimate of drug-likeness (QED) is 0.820. The molecule has 0 amide bonds. The van der Waals surface area contributed by atoms with Gasteiger partial charge in [0.25, 0.3) is 0 Å². The first-order valence-electron chi connectivity index (χ1n) is 8.44. The van der Waals surface area contributed by atoms with Crippen LogP contribution in [0.25, 0.3) is 0 Å². The van der Waals surface area contributed by atoms with E-state index in [9.17, 15) is 0 Å². The van der Waals surface area contributed by atoms with Crippen LogP contribution in [0, 0.1) is 11.3 Å². The van der Waals surface area contributed by atoms with Gasteiger partial charge in [-0.3, -0.25) is 0 Å². The van der Waals surface area contributed by atoms with Gasteiger partial charge in [0, 0.05) is 31.1 Å². The Kier molecular flexibility index (Phi) is 3.74. The van der Waals surface area contributed by atoms with Crippen molar-refractivity contribution in [3.8, 4) is 5.75 Å². The summed E-state index contributed by atoms with van der Waals surface area (Å²) in [7, 11) is 1.70. The van der Waals surface area contributed by atoms with Crippen LogP contribution in [0.4, 0.5) is 5.69 Å². The second kappa shape index (κ2) is 5.74. The fraction of sp³-hybridized carbons (Fsp3) is 0.667. The van der Waals surface area contributed by atoms with Crippen LogP contribution in [0.3, 0.4) is 0 Å². The number of rotatable bonds is 6. The highest BCUT2D eigenvalue weighted by Crippen LogP contribution is 2.63. The molecule has 1 aromatic rings. The molecule has 4 heteroatoms. The molecule has 1 spiro atoms. The zero-order chi connectivity index (χ0) is 15.0. The summed E-state index contributed by atoms with van der Waals surface area (Å²) in [5.41, 5.74) is 1.50. The minimum absolute atomic E-state index is 0.390. The van der Waals surface area contributed by atoms with Gasteiger partial charge in [-0.15, -0.1) is 0 Å². The van der Waals surface area contributed by atoms with E-state index in [1.165, 1.54) is 25.7 Å². The Morgan fingerprint density at radius 2 is 2.14 bits per heavy atom. The lowest BCUT2D eigenvalue weighted by Gasteiger charge is -2.63. The van der Waals surface area contributed by atoms with E-state index >= 15 is 0 Å². The number of para-hydroxylation sites is 2. The molecule has 2 aliphatic carbocycles. The number of methoxy groups -OCH3 is 1. The molecule has 0 radical (unpaired) electrons. The molecule has 1 aliphatic heterocycles. The van der Waals surface area contributed by atoms with E-state index in [1.54, 1.807) is 7.11 Å². The second-order valence-corrected chi connectivity index (χ2v) is 6.79. The van der Waals surface area contributed by atoms with Crippen molar-refractivity contribution in [3.63, 3.8) is 0 Å². The molecule has 0 bridgehead atoms. The lowest BCUT2D eigenvalue weighted by Crippen LogP contribution is -2.68. The molecule has 1 heterocycles. The molecule has 3 aliphatic rings. The smallest absolute Gasteiger partial charge is 0.142 e. The fourth-order valence-electron chi connectivity index (χ4n) is 4.57. The lowest BCUT2D eigenvalue weighted by atomic mass is 9.46. The highest BCUT2D eigenvalue weighted by atomic mass is 16.5. The van der Waals surface area contributed by atoms with Crippen LogP contribution >= 0.6 is 0 Å². The van der Waals surface area contributed by atoms with Crippen LogP contribution in [0.2, 0.25) is 0 Å². The van der Waals surface area contributed by atoms with Crippen LogP contribution < -0.4 is 10.1 Å². The van der Waals surface area contributed by atoms with E-state index in [1.807, 2.05) is 12.1 Å². The highest BCUT2D eigenvalue weighted by Gasteiger charge is 2.66. The van der Waals surface area contributed by atoms with Gasteiger partial charge in [-0.25, -0.2) is 0 Å². The number of anilines is 1. The average Bonchev–Trinajstić information content (AvgIpc) is 2.90. The Hall–Kier alpha value is -1.26. The molecular weight excluding hydrogens is 278 g/mol. The number of nitrogens with one attached hydrogen (secondary N) is 1. The predicted octanol–water partition coefficient (Wildman–Crippen LogP) is 3.08. The molecule has 1 aromatic carbocycles. The third-order valence-electron chi connectivity index (χ3n) is 5.78. The Labute approximate surface area is 132 Å². The maximum atomic E-state index is 6.00. The number of ether oxygens (including phenoxy) is 3. The normalized spacial score (nSPS) is 31.2. The van der Waals surface area contributed by atoms with Crippen LogP contribution in [0.5, 0.6) is 5.75 Å². The Morgan fingerprint density at radius 1 is 1.27 bits per heavy atom. The predicted molar refractivity (Wildman–Crippen MR) is 85.4 cm³/mol. The van der Waals surface area contributed by atoms with Crippen LogP contribution in [-0.4, -0.2) is 39.1 Å². The van der Waals surface area contributed by atoms with E-state index in [2.05, 4.69) is 17.4 Å². The largest absolute Gasteiger partial charge is 0.489 e. The van der Waals surface area contributed by atoms with Gasteiger partial charge < -0.3 is 19.5 Å². The number of benzene rings is 1. The first-order chi connectivity index (χ1) is 10.8. The molecule has 2 saturated carbocycles. The zero-order valence-electron chi connectivity index (χ0n) is 13.2. The zero-order valence-corrected chi connectivity index (χ0v) is 13.2. The maximum absolute atomic E-state index is 6.00. The summed E-state index contributed by atoms with van der Waals surface area (Å²) in [6, 6.07) is 8.79. The highest BCUT2D eigenvalue weighted by molar-refractivity contribution is 5.58. The third-order valence-corrected chi connectivity index (χ3v) is 5.78. The standard InChI is InChI=1S/C18H25NO3/c1-20-11-12-21-15-6-3-2-5-14(15)19-16-13-7-10-22-17(13)18(16)8-4-9-18/h2-3,5-6,13,16-17,19H,4,7-12H2,1H3. The van der Waals surface area contributed by atoms with Gasteiger partial charge in [0.2, 0.25) is 0 Å². The summed E-state index contributed by atoms with van der Waals surface area (Å²) in [4.78, 5) is 0. The molecule has 1 saturated heterocycles.